The monoisotopic (exact) mass is 518 g/mol. The van der Waals surface area contributed by atoms with Gasteiger partial charge in [-0.05, 0) is 50.7 Å². The molecule has 2 heterocycles. The highest BCUT2D eigenvalue weighted by molar-refractivity contribution is 6.32. The molecule has 0 unspecified atom stereocenters. The van der Waals surface area contributed by atoms with Gasteiger partial charge in [-0.1, -0.05) is 24.3 Å². The lowest BCUT2D eigenvalue weighted by molar-refractivity contribution is -0.906. The zero-order valence-electron chi connectivity index (χ0n) is 22.5. The summed E-state index contributed by atoms with van der Waals surface area (Å²) < 4.78 is 1.36. The van der Waals surface area contributed by atoms with Gasteiger partial charge in [0, 0.05) is 11.1 Å². The molecule has 0 spiro atoms. The summed E-state index contributed by atoms with van der Waals surface area (Å²) in [4.78, 5) is 53.4. The zero-order valence-corrected chi connectivity index (χ0v) is 22.5. The van der Waals surface area contributed by atoms with Crippen LogP contribution in [-0.2, 0) is 9.59 Å². The molecule has 2 aromatic carbocycles. The van der Waals surface area contributed by atoms with E-state index in [-0.39, 0.29) is 45.6 Å². The Bertz CT molecular complexity index is 1190. The number of anilines is 2. The van der Waals surface area contributed by atoms with Crippen molar-refractivity contribution in [1.29, 1.82) is 0 Å². The van der Waals surface area contributed by atoms with E-state index in [0.717, 1.165) is 51.9 Å². The second-order valence-electron chi connectivity index (χ2n) is 11.8. The molecule has 1 aliphatic carbocycles. The van der Waals surface area contributed by atoms with Crippen LogP contribution in [-0.4, -0.2) is 85.7 Å². The van der Waals surface area contributed by atoms with E-state index in [0.29, 0.717) is 33.4 Å². The Hall–Kier alpha value is -3.36. The maximum Gasteiger partial charge on any atom is 0.279 e. The van der Waals surface area contributed by atoms with Crippen molar-refractivity contribution in [3.05, 3.63) is 58.7 Å². The minimum absolute atomic E-state index is 0.163. The van der Waals surface area contributed by atoms with Gasteiger partial charge in [0.1, 0.15) is 0 Å². The van der Waals surface area contributed by atoms with Gasteiger partial charge in [-0.2, -0.15) is 0 Å². The molecule has 3 aliphatic rings. The number of quaternary nitrogens is 2. The third-order valence-corrected chi connectivity index (χ3v) is 8.46. The first-order chi connectivity index (χ1) is 18.2. The van der Waals surface area contributed by atoms with E-state index in [1.54, 1.807) is 36.4 Å². The number of piperidine rings is 2. The molecule has 8 nitrogen and oxygen atoms in total. The first-order valence-electron chi connectivity index (χ1n) is 13.8. The second kappa shape index (κ2) is 10.4. The Morgan fingerprint density at radius 1 is 0.632 bits per heavy atom. The number of hydrogen-bond acceptors (Lipinski definition) is 4. The number of likely N-dealkylation sites (N-methyl/N-ethyl adjacent to an activating group) is 2. The standard InChI is InChI=1S/C30H36N4O4/c1-33(15-5-3-6-16-33)19-25(35)31-23-13-9-11-21-27(23)29(37)22-12-10-14-24(28(22)30(21)38)32-26(36)20-34(2)17-7-4-8-18-34/h9-14H,3-8,15-20H2,1-2H3/p+2. The Morgan fingerprint density at radius 2 is 1.00 bits per heavy atom. The van der Waals surface area contributed by atoms with E-state index < -0.39 is 0 Å². The second-order valence-corrected chi connectivity index (χ2v) is 11.8. The molecule has 2 amide bonds. The molecule has 200 valence electrons. The Morgan fingerprint density at radius 3 is 1.37 bits per heavy atom. The van der Waals surface area contributed by atoms with Crippen LogP contribution in [0.3, 0.4) is 0 Å². The van der Waals surface area contributed by atoms with E-state index in [1.165, 1.54) is 12.8 Å². The normalized spacial score (nSPS) is 19.7. The highest BCUT2D eigenvalue weighted by Crippen LogP contribution is 2.35. The lowest BCUT2D eigenvalue weighted by atomic mass is 9.82. The fraction of sp³-hybridized carbons (Fsp3) is 0.467. The molecular formula is C30H38N4O4+2. The number of amides is 2. The molecule has 0 aromatic heterocycles. The van der Waals surface area contributed by atoms with Crippen LogP contribution in [0.15, 0.2) is 36.4 Å². The van der Waals surface area contributed by atoms with Crippen molar-refractivity contribution in [2.45, 2.75) is 38.5 Å². The summed E-state index contributed by atoms with van der Waals surface area (Å²) in [6.07, 6.45) is 6.80. The van der Waals surface area contributed by atoms with Crippen molar-refractivity contribution in [3.8, 4) is 0 Å². The van der Waals surface area contributed by atoms with Gasteiger partial charge in [0.15, 0.2) is 24.7 Å². The van der Waals surface area contributed by atoms with Gasteiger partial charge >= 0.3 is 0 Å². The van der Waals surface area contributed by atoms with Crippen LogP contribution < -0.4 is 10.6 Å². The van der Waals surface area contributed by atoms with E-state index in [2.05, 4.69) is 24.7 Å². The SMILES string of the molecule is C[N+]1(CC(=O)Nc2cccc3c2C(=O)c2cccc(NC(=O)C[N+]4(C)CCCCC4)c2C3=O)CCCCC1. The van der Waals surface area contributed by atoms with Crippen LogP contribution in [0.1, 0.15) is 70.4 Å². The molecule has 2 aliphatic heterocycles. The van der Waals surface area contributed by atoms with Gasteiger partial charge in [0.2, 0.25) is 0 Å². The number of fused-ring (bicyclic) bond motifs is 2. The van der Waals surface area contributed by atoms with E-state index in [1.807, 2.05) is 0 Å². The van der Waals surface area contributed by atoms with Crippen LogP contribution in [0, 0.1) is 0 Å². The molecule has 2 N–H and O–H groups in total. The van der Waals surface area contributed by atoms with Crippen molar-refractivity contribution in [3.63, 3.8) is 0 Å². The largest absolute Gasteiger partial charge is 0.320 e. The molecule has 38 heavy (non-hydrogen) atoms. The van der Waals surface area contributed by atoms with Crippen LogP contribution in [0.5, 0.6) is 0 Å². The maximum absolute atomic E-state index is 13.7. The van der Waals surface area contributed by atoms with E-state index in [9.17, 15) is 19.2 Å². The summed E-state index contributed by atoms with van der Waals surface area (Å²) in [7, 11) is 4.18. The molecule has 0 bridgehead atoms. The van der Waals surface area contributed by atoms with Crippen molar-refractivity contribution in [1.82, 2.24) is 0 Å². The van der Waals surface area contributed by atoms with Gasteiger partial charge in [0.05, 0.1) is 62.8 Å². The number of carbonyl (C=O) groups is 4. The smallest absolute Gasteiger partial charge is 0.279 e. The van der Waals surface area contributed by atoms with Gasteiger partial charge in [-0.25, -0.2) is 0 Å². The molecule has 8 heteroatoms. The first-order valence-corrected chi connectivity index (χ1v) is 13.8. The van der Waals surface area contributed by atoms with Gasteiger partial charge in [-0.3, -0.25) is 19.2 Å². The van der Waals surface area contributed by atoms with Crippen molar-refractivity contribution >= 4 is 34.8 Å². The summed E-state index contributed by atoms with van der Waals surface area (Å²) in [6, 6.07) is 9.96. The van der Waals surface area contributed by atoms with E-state index in [4.69, 9.17) is 0 Å². The topological polar surface area (TPSA) is 92.3 Å². The average Bonchev–Trinajstić information content (AvgIpc) is 2.87. The molecule has 2 aromatic rings. The lowest BCUT2D eigenvalue weighted by Crippen LogP contribution is -2.52. The quantitative estimate of drug-likeness (QED) is 0.488. The summed E-state index contributed by atoms with van der Waals surface area (Å²) in [5, 5.41) is 5.84. The number of ketones is 2. The predicted molar refractivity (Wildman–Crippen MR) is 146 cm³/mol. The lowest BCUT2D eigenvalue weighted by Gasteiger charge is -2.37. The molecule has 0 saturated carbocycles. The number of nitrogens with zero attached hydrogens (tertiary/aromatic N) is 2. The average molecular weight is 519 g/mol. The summed E-state index contributed by atoms with van der Waals surface area (Å²) in [6.45, 7) is 4.48. The number of rotatable bonds is 6. The van der Waals surface area contributed by atoms with Gasteiger partial charge in [0.25, 0.3) is 11.8 Å². The number of hydrogen-bond donors (Lipinski definition) is 2. The summed E-state index contributed by atoms with van der Waals surface area (Å²) in [5.41, 5.74) is 1.64. The highest BCUT2D eigenvalue weighted by atomic mass is 16.2. The van der Waals surface area contributed by atoms with Crippen molar-refractivity contribution < 1.29 is 28.1 Å². The Balaban J connectivity index is 1.38. The third kappa shape index (κ3) is 5.28. The van der Waals surface area contributed by atoms with Crippen LogP contribution in [0.4, 0.5) is 11.4 Å². The van der Waals surface area contributed by atoms with Crippen LogP contribution in [0.2, 0.25) is 0 Å². The fourth-order valence-corrected chi connectivity index (χ4v) is 6.39. The minimum Gasteiger partial charge on any atom is -0.320 e. The highest BCUT2D eigenvalue weighted by Gasteiger charge is 2.36. The van der Waals surface area contributed by atoms with Crippen LogP contribution >= 0.6 is 0 Å². The Labute approximate surface area is 224 Å². The molecule has 2 saturated heterocycles. The fourth-order valence-electron chi connectivity index (χ4n) is 6.39. The maximum atomic E-state index is 13.7. The Kier molecular flexibility index (Phi) is 7.20. The van der Waals surface area contributed by atoms with Gasteiger partial charge in [-0.15, -0.1) is 0 Å². The molecular weight excluding hydrogens is 480 g/mol. The number of benzene rings is 2. The minimum atomic E-state index is -0.324. The van der Waals surface area contributed by atoms with Gasteiger partial charge < -0.3 is 19.6 Å². The molecule has 2 fully saturated rings. The van der Waals surface area contributed by atoms with Crippen molar-refractivity contribution in [2.75, 3.05) is 64.0 Å². The first kappa shape index (κ1) is 26.3. The molecule has 0 atom stereocenters. The molecule has 0 radical (unpaired) electrons. The molecule has 5 rings (SSSR count). The van der Waals surface area contributed by atoms with E-state index >= 15 is 0 Å². The summed E-state index contributed by atoms with van der Waals surface area (Å²) in [5.74, 6) is -0.974. The zero-order chi connectivity index (χ0) is 26.9. The predicted octanol–water partition coefficient (Wildman–Crippen LogP) is 3.60. The van der Waals surface area contributed by atoms with Crippen LogP contribution in [0.25, 0.3) is 0 Å². The summed E-state index contributed by atoms with van der Waals surface area (Å²) >= 11 is 0. The number of carbonyl (C=O) groups excluding carboxylic acids is 4. The third-order valence-electron chi connectivity index (χ3n) is 8.46. The number of nitrogens with one attached hydrogen (secondary N) is 2. The number of likely N-dealkylation sites (tertiary alicyclic amines) is 2. The van der Waals surface area contributed by atoms with Crippen molar-refractivity contribution in [2.24, 2.45) is 0 Å².